The Bertz CT molecular complexity index is 911. The van der Waals surface area contributed by atoms with Crippen molar-refractivity contribution in [1.29, 1.82) is 0 Å². The summed E-state index contributed by atoms with van der Waals surface area (Å²) in [5.74, 6) is 6.54. The van der Waals surface area contributed by atoms with Gasteiger partial charge in [-0.1, -0.05) is 17.8 Å². The van der Waals surface area contributed by atoms with Gasteiger partial charge in [-0.3, -0.25) is 0 Å². The minimum absolute atomic E-state index is 0.0699. The minimum atomic E-state index is -0.608. The van der Waals surface area contributed by atoms with Crippen LogP contribution >= 0.6 is 0 Å². The van der Waals surface area contributed by atoms with Gasteiger partial charge in [-0.05, 0) is 25.0 Å². The molecule has 2 aromatic rings. The van der Waals surface area contributed by atoms with Crippen LogP contribution in [0.25, 0.3) is 0 Å². The van der Waals surface area contributed by atoms with E-state index in [9.17, 15) is 15.0 Å². The molecule has 0 radical (unpaired) electrons. The molecule has 1 aromatic carbocycles. The summed E-state index contributed by atoms with van der Waals surface area (Å²) in [6, 6.07) is 5.69. The van der Waals surface area contributed by atoms with E-state index in [1.807, 2.05) is 0 Å². The van der Waals surface area contributed by atoms with E-state index in [4.69, 9.17) is 28.8 Å². The molecule has 6 nitrogen and oxygen atoms in total. The maximum absolute atomic E-state index is 11.7. The van der Waals surface area contributed by atoms with Gasteiger partial charge in [0.05, 0.1) is 17.7 Å². The Labute approximate surface area is 157 Å². The van der Waals surface area contributed by atoms with Crippen LogP contribution in [0, 0.1) is 37.0 Å². The third-order valence-electron chi connectivity index (χ3n) is 3.58. The van der Waals surface area contributed by atoms with E-state index in [0.717, 1.165) is 0 Å². The quantitative estimate of drug-likeness (QED) is 0.581. The van der Waals surface area contributed by atoms with Crippen molar-refractivity contribution < 1.29 is 24.6 Å². The van der Waals surface area contributed by atoms with E-state index in [2.05, 4.69) is 17.8 Å². The molecule has 0 fully saturated rings. The Morgan fingerprint density at radius 2 is 1.59 bits per heavy atom. The van der Waals surface area contributed by atoms with Gasteiger partial charge >= 0.3 is 5.97 Å². The van der Waals surface area contributed by atoms with Crippen LogP contribution in [0.1, 0.15) is 36.0 Å². The number of carbonyl (C=O) groups excluding carboxylic acids is 1. The highest BCUT2D eigenvalue weighted by atomic mass is 16.7. The lowest BCUT2D eigenvalue weighted by molar-refractivity contribution is -0.145. The molecule has 0 saturated carbocycles. The lowest BCUT2D eigenvalue weighted by Gasteiger charge is -2.11. The molecule has 2 rings (SSSR count). The standard InChI is InChI=1S/C21H17NO5/c1-4-15-13-16(5-2)21(17(6-3)14-15)26-12-8-7-9-20(25)27-22-18(23)10-11-19(22)24/h1-3,10-11,13-14,23-24H,7-9,12H2. The zero-order chi connectivity index (χ0) is 19.8. The van der Waals surface area contributed by atoms with Crippen molar-refractivity contribution in [2.75, 3.05) is 6.61 Å². The molecule has 0 aliphatic rings. The van der Waals surface area contributed by atoms with Crippen LogP contribution in [-0.2, 0) is 4.79 Å². The molecule has 136 valence electrons. The van der Waals surface area contributed by atoms with E-state index >= 15 is 0 Å². The van der Waals surface area contributed by atoms with Crippen molar-refractivity contribution in [1.82, 2.24) is 4.73 Å². The Hall–Kier alpha value is -3.95. The van der Waals surface area contributed by atoms with Crippen LogP contribution in [0.4, 0.5) is 0 Å². The number of unbranched alkanes of at least 4 members (excludes halogenated alkanes) is 1. The second-order valence-corrected chi connectivity index (χ2v) is 5.45. The summed E-state index contributed by atoms with van der Waals surface area (Å²) in [4.78, 5) is 16.6. The number of terminal acetylenes is 3. The molecule has 1 heterocycles. The van der Waals surface area contributed by atoms with Gasteiger partial charge in [-0.2, -0.15) is 0 Å². The Morgan fingerprint density at radius 1 is 1.00 bits per heavy atom. The number of rotatable bonds is 7. The summed E-state index contributed by atoms with van der Waals surface area (Å²) >= 11 is 0. The molecule has 0 unspecified atom stereocenters. The van der Waals surface area contributed by atoms with Crippen LogP contribution in [0.15, 0.2) is 24.3 Å². The van der Waals surface area contributed by atoms with Gasteiger partial charge < -0.3 is 19.8 Å². The first kappa shape index (κ1) is 19.4. The fourth-order valence-corrected chi connectivity index (χ4v) is 2.27. The van der Waals surface area contributed by atoms with E-state index in [1.165, 1.54) is 12.1 Å². The van der Waals surface area contributed by atoms with E-state index in [-0.39, 0.29) is 24.8 Å². The molecule has 0 aliphatic carbocycles. The maximum Gasteiger partial charge on any atom is 0.333 e. The Kier molecular flexibility index (Phi) is 6.42. The molecule has 27 heavy (non-hydrogen) atoms. The molecule has 0 saturated heterocycles. The monoisotopic (exact) mass is 363 g/mol. The molecule has 0 aliphatic heterocycles. The number of hydrogen-bond acceptors (Lipinski definition) is 5. The Balaban J connectivity index is 1.86. The second kappa shape index (κ2) is 8.94. The number of hydrogen-bond donors (Lipinski definition) is 2. The number of benzene rings is 1. The van der Waals surface area contributed by atoms with E-state index in [1.54, 1.807) is 12.1 Å². The molecule has 1 aromatic heterocycles. The summed E-state index contributed by atoms with van der Waals surface area (Å²) in [6.07, 6.45) is 17.4. The maximum atomic E-state index is 11.7. The highest BCUT2D eigenvalue weighted by molar-refractivity contribution is 5.69. The molecule has 6 heteroatoms. The van der Waals surface area contributed by atoms with Gasteiger partial charge in [0.25, 0.3) is 0 Å². The first-order valence-corrected chi connectivity index (χ1v) is 8.01. The van der Waals surface area contributed by atoms with Crippen molar-refractivity contribution in [2.24, 2.45) is 0 Å². The van der Waals surface area contributed by atoms with Crippen molar-refractivity contribution >= 4 is 5.97 Å². The average Bonchev–Trinajstić information content (AvgIpc) is 2.99. The van der Waals surface area contributed by atoms with Gasteiger partial charge in [-0.15, -0.1) is 24.0 Å². The SMILES string of the molecule is C#Cc1cc(C#C)c(OCCCCC(=O)On2c(O)ccc2O)c(C#C)c1. The van der Waals surface area contributed by atoms with Crippen molar-refractivity contribution in [2.45, 2.75) is 19.3 Å². The number of aromatic nitrogens is 1. The largest absolute Gasteiger partial charge is 0.492 e. The fraction of sp³-hybridized carbons (Fsp3) is 0.190. The van der Waals surface area contributed by atoms with Crippen LogP contribution < -0.4 is 9.57 Å². The first-order valence-electron chi connectivity index (χ1n) is 8.01. The molecule has 0 atom stereocenters. The van der Waals surface area contributed by atoms with Crippen molar-refractivity contribution in [3.63, 3.8) is 0 Å². The van der Waals surface area contributed by atoms with Gasteiger partial charge in [0.15, 0.2) is 5.75 Å². The normalized spacial score (nSPS) is 9.67. The highest BCUT2D eigenvalue weighted by Crippen LogP contribution is 2.25. The summed E-state index contributed by atoms with van der Waals surface area (Å²) in [7, 11) is 0. The topological polar surface area (TPSA) is 80.9 Å². The summed E-state index contributed by atoms with van der Waals surface area (Å²) in [6.45, 7) is 0.284. The predicted molar refractivity (Wildman–Crippen MR) is 98.9 cm³/mol. The van der Waals surface area contributed by atoms with Crippen LogP contribution in [-0.4, -0.2) is 27.5 Å². The Morgan fingerprint density at radius 3 is 2.11 bits per heavy atom. The summed E-state index contributed by atoms with van der Waals surface area (Å²) < 4.78 is 6.33. The van der Waals surface area contributed by atoms with Crippen LogP contribution in [0.3, 0.4) is 0 Å². The van der Waals surface area contributed by atoms with Crippen molar-refractivity contribution in [3.8, 4) is 54.5 Å². The molecule has 0 spiro atoms. The van der Waals surface area contributed by atoms with Gasteiger partial charge in [0.1, 0.15) is 0 Å². The minimum Gasteiger partial charge on any atom is -0.492 e. The number of carbonyl (C=O) groups is 1. The average molecular weight is 363 g/mol. The van der Waals surface area contributed by atoms with Crippen molar-refractivity contribution in [3.05, 3.63) is 41.0 Å². The molecular weight excluding hydrogens is 346 g/mol. The summed E-state index contributed by atoms with van der Waals surface area (Å²) in [5, 5.41) is 18.8. The second-order valence-electron chi connectivity index (χ2n) is 5.45. The first-order chi connectivity index (χ1) is 13.0. The smallest absolute Gasteiger partial charge is 0.333 e. The van der Waals surface area contributed by atoms with E-state index in [0.29, 0.717) is 40.0 Å². The zero-order valence-corrected chi connectivity index (χ0v) is 14.4. The summed E-state index contributed by atoms with van der Waals surface area (Å²) in [5.41, 5.74) is 1.51. The lowest BCUT2D eigenvalue weighted by Crippen LogP contribution is -2.18. The van der Waals surface area contributed by atoms with Crippen LogP contribution in [0.2, 0.25) is 0 Å². The third-order valence-corrected chi connectivity index (χ3v) is 3.58. The molecular formula is C21H17NO5. The van der Waals surface area contributed by atoms with E-state index < -0.39 is 5.97 Å². The number of nitrogens with zero attached hydrogens (tertiary/aromatic N) is 1. The zero-order valence-electron chi connectivity index (χ0n) is 14.4. The number of aromatic hydroxyl groups is 2. The molecule has 0 bridgehead atoms. The molecule has 0 amide bonds. The van der Waals surface area contributed by atoms with Gasteiger partial charge in [0, 0.05) is 24.1 Å². The third kappa shape index (κ3) is 4.78. The molecule has 2 N–H and O–H groups in total. The van der Waals surface area contributed by atoms with Gasteiger partial charge in [-0.25, -0.2) is 4.79 Å². The highest BCUT2D eigenvalue weighted by Gasteiger charge is 2.13. The number of ether oxygens (including phenoxy) is 1. The fourth-order valence-electron chi connectivity index (χ4n) is 2.27. The lowest BCUT2D eigenvalue weighted by atomic mass is 10.0. The van der Waals surface area contributed by atoms with Crippen LogP contribution in [0.5, 0.6) is 17.5 Å². The van der Waals surface area contributed by atoms with Gasteiger partial charge in [0.2, 0.25) is 11.8 Å². The predicted octanol–water partition coefficient (Wildman–Crippen LogP) is 2.05.